The SMILES string of the molecule is CN(C)C(=O)c1ccc(CNC(=O)NCc2cccc(Cn3ccnc3)c2)cc1. The minimum Gasteiger partial charge on any atom is -0.345 e. The maximum Gasteiger partial charge on any atom is 0.315 e. The number of amides is 3. The molecule has 7 nitrogen and oxygen atoms in total. The van der Waals surface area contributed by atoms with Gasteiger partial charge in [0, 0.05) is 51.7 Å². The highest BCUT2D eigenvalue weighted by molar-refractivity contribution is 5.93. The molecule has 0 bridgehead atoms. The van der Waals surface area contributed by atoms with Gasteiger partial charge in [0.25, 0.3) is 5.91 Å². The molecule has 3 amide bonds. The Morgan fingerprint density at radius 1 is 0.966 bits per heavy atom. The normalized spacial score (nSPS) is 10.4. The Kier molecular flexibility index (Phi) is 6.63. The first kappa shape index (κ1) is 20.1. The lowest BCUT2D eigenvalue weighted by Gasteiger charge is -2.11. The van der Waals surface area contributed by atoms with Crippen molar-refractivity contribution in [1.29, 1.82) is 0 Å². The van der Waals surface area contributed by atoms with E-state index in [4.69, 9.17) is 0 Å². The van der Waals surface area contributed by atoms with Crippen LogP contribution in [0.5, 0.6) is 0 Å². The zero-order chi connectivity index (χ0) is 20.6. The van der Waals surface area contributed by atoms with Crippen molar-refractivity contribution in [3.8, 4) is 0 Å². The van der Waals surface area contributed by atoms with E-state index in [1.54, 1.807) is 38.8 Å². The number of imidazole rings is 1. The molecule has 0 saturated carbocycles. The zero-order valence-electron chi connectivity index (χ0n) is 16.6. The number of hydrogen-bond donors (Lipinski definition) is 2. The van der Waals surface area contributed by atoms with Crippen LogP contribution in [0.4, 0.5) is 4.79 Å². The van der Waals surface area contributed by atoms with Gasteiger partial charge in [0.15, 0.2) is 0 Å². The second-order valence-electron chi connectivity index (χ2n) is 6.99. The van der Waals surface area contributed by atoms with E-state index in [2.05, 4.69) is 21.7 Å². The van der Waals surface area contributed by atoms with E-state index in [9.17, 15) is 9.59 Å². The van der Waals surface area contributed by atoms with Crippen molar-refractivity contribution in [1.82, 2.24) is 25.1 Å². The number of carbonyl (C=O) groups is 2. The summed E-state index contributed by atoms with van der Waals surface area (Å²) in [5.41, 5.74) is 3.73. The third kappa shape index (κ3) is 5.93. The predicted octanol–water partition coefficient (Wildman–Crippen LogP) is 2.63. The lowest BCUT2D eigenvalue weighted by Crippen LogP contribution is -2.34. The Labute approximate surface area is 170 Å². The lowest BCUT2D eigenvalue weighted by atomic mass is 10.1. The summed E-state index contributed by atoms with van der Waals surface area (Å²) in [6, 6.07) is 15.1. The Bertz CT molecular complexity index is 950. The van der Waals surface area contributed by atoms with Gasteiger partial charge in [-0.2, -0.15) is 0 Å². The van der Waals surface area contributed by atoms with E-state index in [1.807, 2.05) is 41.1 Å². The zero-order valence-corrected chi connectivity index (χ0v) is 16.6. The Morgan fingerprint density at radius 3 is 2.31 bits per heavy atom. The van der Waals surface area contributed by atoms with Gasteiger partial charge in [0.2, 0.25) is 0 Å². The van der Waals surface area contributed by atoms with E-state index in [0.717, 1.165) is 23.2 Å². The molecule has 3 rings (SSSR count). The Morgan fingerprint density at radius 2 is 1.66 bits per heavy atom. The highest BCUT2D eigenvalue weighted by atomic mass is 16.2. The van der Waals surface area contributed by atoms with Gasteiger partial charge in [-0.25, -0.2) is 9.78 Å². The maximum absolute atomic E-state index is 12.1. The number of carbonyl (C=O) groups excluding carboxylic acids is 2. The van der Waals surface area contributed by atoms with Gasteiger partial charge in [-0.1, -0.05) is 36.4 Å². The fraction of sp³-hybridized carbons (Fsp3) is 0.227. The Hall–Kier alpha value is -3.61. The average molecular weight is 391 g/mol. The van der Waals surface area contributed by atoms with Crippen LogP contribution in [-0.2, 0) is 19.6 Å². The second-order valence-corrected chi connectivity index (χ2v) is 6.99. The number of nitrogens with zero attached hydrogens (tertiary/aromatic N) is 3. The summed E-state index contributed by atoms with van der Waals surface area (Å²) in [5.74, 6) is -0.0440. The number of urea groups is 1. The molecule has 0 saturated heterocycles. The number of nitrogens with one attached hydrogen (secondary N) is 2. The molecule has 0 aliphatic heterocycles. The van der Waals surface area contributed by atoms with Gasteiger partial charge in [-0.3, -0.25) is 4.79 Å². The third-order valence-corrected chi connectivity index (χ3v) is 4.43. The molecule has 2 aromatic carbocycles. The quantitative estimate of drug-likeness (QED) is 0.650. The number of aromatic nitrogens is 2. The molecular weight excluding hydrogens is 366 g/mol. The highest BCUT2D eigenvalue weighted by Gasteiger charge is 2.07. The van der Waals surface area contributed by atoms with E-state index >= 15 is 0 Å². The Balaban J connectivity index is 1.46. The van der Waals surface area contributed by atoms with Crippen LogP contribution in [0.15, 0.2) is 67.3 Å². The maximum atomic E-state index is 12.1. The molecule has 0 aliphatic rings. The monoisotopic (exact) mass is 391 g/mol. The molecule has 7 heteroatoms. The summed E-state index contributed by atoms with van der Waals surface area (Å²) in [7, 11) is 3.44. The molecule has 29 heavy (non-hydrogen) atoms. The van der Waals surface area contributed by atoms with E-state index < -0.39 is 0 Å². The smallest absolute Gasteiger partial charge is 0.315 e. The topological polar surface area (TPSA) is 79.3 Å². The molecule has 0 spiro atoms. The van der Waals surface area contributed by atoms with Crippen molar-refractivity contribution in [2.24, 2.45) is 0 Å². The number of rotatable bonds is 7. The second kappa shape index (κ2) is 9.54. The molecule has 1 heterocycles. The molecule has 3 aromatic rings. The van der Waals surface area contributed by atoms with E-state index in [0.29, 0.717) is 18.7 Å². The van der Waals surface area contributed by atoms with Crippen LogP contribution >= 0.6 is 0 Å². The van der Waals surface area contributed by atoms with Gasteiger partial charge < -0.3 is 20.1 Å². The summed E-state index contributed by atoms with van der Waals surface area (Å²) in [6.45, 7) is 1.58. The van der Waals surface area contributed by atoms with Crippen LogP contribution in [0.1, 0.15) is 27.0 Å². The molecule has 150 valence electrons. The highest BCUT2D eigenvalue weighted by Crippen LogP contribution is 2.08. The molecule has 0 unspecified atom stereocenters. The third-order valence-electron chi connectivity index (χ3n) is 4.43. The van der Waals surface area contributed by atoms with Crippen LogP contribution in [0.25, 0.3) is 0 Å². The first-order valence-corrected chi connectivity index (χ1v) is 9.37. The largest absolute Gasteiger partial charge is 0.345 e. The van der Waals surface area contributed by atoms with Crippen LogP contribution in [0.2, 0.25) is 0 Å². The van der Waals surface area contributed by atoms with Gasteiger partial charge in [-0.05, 0) is 28.8 Å². The summed E-state index contributed by atoms with van der Waals surface area (Å²) >= 11 is 0. The summed E-state index contributed by atoms with van der Waals surface area (Å²) in [6.07, 6.45) is 5.45. The van der Waals surface area contributed by atoms with Crippen molar-refractivity contribution in [3.63, 3.8) is 0 Å². The van der Waals surface area contributed by atoms with Gasteiger partial charge in [-0.15, -0.1) is 0 Å². The van der Waals surface area contributed by atoms with Gasteiger partial charge in [0.05, 0.1) is 6.33 Å². The molecule has 0 aliphatic carbocycles. The lowest BCUT2D eigenvalue weighted by molar-refractivity contribution is 0.0827. The van der Waals surface area contributed by atoms with Crippen molar-refractivity contribution in [3.05, 3.63) is 89.5 Å². The fourth-order valence-corrected chi connectivity index (χ4v) is 2.88. The fourth-order valence-electron chi connectivity index (χ4n) is 2.88. The first-order valence-electron chi connectivity index (χ1n) is 9.37. The van der Waals surface area contributed by atoms with Gasteiger partial charge >= 0.3 is 6.03 Å². The van der Waals surface area contributed by atoms with E-state index in [-0.39, 0.29) is 11.9 Å². The summed E-state index contributed by atoms with van der Waals surface area (Å²) in [5, 5.41) is 5.70. The minimum atomic E-state index is -0.238. The first-order chi connectivity index (χ1) is 14.0. The molecule has 0 atom stereocenters. The predicted molar refractivity (Wildman–Crippen MR) is 111 cm³/mol. The van der Waals surface area contributed by atoms with E-state index in [1.165, 1.54) is 4.90 Å². The van der Waals surface area contributed by atoms with Crippen LogP contribution in [-0.4, -0.2) is 40.5 Å². The van der Waals surface area contributed by atoms with Crippen LogP contribution in [0.3, 0.4) is 0 Å². The van der Waals surface area contributed by atoms with Crippen molar-refractivity contribution in [2.45, 2.75) is 19.6 Å². The molecule has 0 fully saturated rings. The molecular formula is C22H25N5O2. The van der Waals surface area contributed by atoms with Crippen molar-refractivity contribution < 1.29 is 9.59 Å². The van der Waals surface area contributed by atoms with Crippen molar-refractivity contribution >= 4 is 11.9 Å². The number of hydrogen-bond acceptors (Lipinski definition) is 3. The molecule has 1 aromatic heterocycles. The van der Waals surface area contributed by atoms with Crippen molar-refractivity contribution in [2.75, 3.05) is 14.1 Å². The summed E-state index contributed by atoms with van der Waals surface area (Å²) < 4.78 is 2.00. The minimum absolute atomic E-state index is 0.0440. The standard InChI is InChI=1S/C22H25N5O2/c1-26(2)21(28)20-8-6-17(7-9-20)13-24-22(29)25-14-18-4-3-5-19(12-18)15-27-11-10-23-16-27/h3-12,16H,13-15H2,1-2H3,(H2,24,25,29). The average Bonchev–Trinajstić information content (AvgIpc) is 3.24. The molecule has 0 radical (unpaired) electrons. The number of benzene rings is 2. The van der Waals surface area contributed by atoms with Gasteiger partial charge in [0.1, 0.15) is 0 Å². The summed E-state index contributed by atoms with van der Waals surface area (Å²) in [4.78, 5) is 29.6. The van der Waals surface area contributed by atoms with Crippen LogP contribution < -0.4 is 10.6 Å². The molecule has 2 N–H and O–H groups in total. The van der Waals surface area contributed by atoms with Crippen LogP contribution in [0, 0.1) is 0 Å².